The van der Waals surface area contributed by atoms with E-state index in [2.05, 4.69) is 10.6 Å². The van der Waals surface area contributed by atoms with E-state index in [0.717, 1.165) is 0 Å². The fourth-order valence-corrected chi connectivity index (χ4v) is 2.99. The monoisotopic (exact) mass is 431 g/mol. The lowest BCUT2D eigenvalue weighted by Crippen LogP contribution is -2.13. The van der Waals surface area contributed by atoms with Crippen LogP contribution in [0.5, 0.6) is 5.75 Å². The van der Waals surface area contributed by atoms with Crippen molar-refractivity contribution in [2.45, 2.75) is 0 Å². The second-order valence-electron chi connectivity index (χ2n) is 6.42. The quantitative estimate of drug-likeness (QED) is 0.417. The SMILES string of the molecule is COc1cccc(NC(=O)/C(C#N)=C/c2cccc(NC(=O)c3ccccc3Cl)c2)c1. The third kappa shape index (κ3) is 5.72. The zero-order chi connectivity index (χ0) is 22.2. The number of methoxy groups -OCH3 is 1. The molecule has 7 heteroatoms. The summed E-state index contributed by atoms with van der Waals surface area (Å²) in [5.41, 5.74) is 1.85. The molecular weight excluding hydrogens is 414 g/mol. The number of amides is 2. The van der Waals surface area contributed by atoms with Gasteiger partial charge in [-0.3, -0.25) is 9.59 Å². The molecule has 0 atom stereocenters. The Labute approximate surface area is 184 Å². The summed E-state index contributed by atoms with van der Waals surface area (Å²) >= 11 is 6.07. The molecule has 3 aromatic carbocycles. The number of carbonyl (C=O) groups is 2. The fraction of sp³-hybridized carbons (Fsp3) is 0.0417. The van der Waals surface area contributed by atoms with Crippen LogP contribution in [0.25, 0.3) is 6.08 Å². The topological polar surface area (TPSA) is 91.2 Å². The molecule has 0 bridgehead atoms. The van der Waals surface area contributed by atoms with Gasteiger partial charge in [-0.05, 0) is 48.0 Å². The van der Waals surface area contributed by atoms with Gasteiger partial charge in [0.05, 0.1) is 17.7 Å². The van der Waals surface area contributed by atoms with Crippen LogP contribution in [0.1, 0.15) is 15.9 Å². The summed E-state index contributed by atoms with van der Waals surface area (Å²) in [6, 6.07) is 22.2. The number of anilines is 2. The van der Waals surface area contributed by atoms with Crippen LogP contribution in [0.2, 0.25) is 5.02 Å². The van der Waals surface area contributed by atoms with Gasteiger partial charge in [0.1, 0.15) is 17.4 Å². The predicted molar refractivity (Wildman–Crippen MR) is 121 cm³/mol. The molecule has 0 saturated heterocycles. The minimum atomic E-state index is -0.554. The molecule has 0 spiro atoms. The number of nitrogens with zero attached hydrogens (tertiary/aromatic N) is 1. The lowest BCUT2D eigenvalue weighted by atomic mass is 10.1. The lowest BCUT2D eigenvalue weighted by molar-refractivity contribution is -0.112. The van der Waals surface area contributed by atoms with Crippen LogP contribution in [0.15, 0.2) is 78.4 Å². The second-order valence-corrected chi connectivity index (χ2v) is 6.82. The number of hydrogen-bond acceptors (Lipinski definition) is 4. The van der Waals surface area contributed by atoms with E-state index in [9.17, 15) is 14.9 Å². The number of ether oxygens (including phenoxy) is 1. The maximum Gasteiger partial charge on any atom is 0.266 e. The Kier molecular flexibility index (Phi) is 7.05. The van der Waals surface area contributed by atoms with Crippen molar-refractivity contribution in [3.05, 3.63) is 94.5 Å². The molecule has 0 saturated carbocycles. The summed E-state index contributed by atoms with van der Waals surface area (Å²) < 4.78 is 5.13. The normalized spacial score (nSPS) is 10.7. The Morgan fingerprint density at radius 1 is 0.968 bits per heavy atom. The number of nitrogens with one attached hydrogen (secondary N) is 2. The first-order valence-electron chi connectivity index (χ1n) is 9.23. The highest BCUT2D eigenvalue weighted by Crippen LogP contribution is 2.20. The first kappa shape index (κ1) is 21.6. The van der Waals surface area contributed by atoms with E-state index >= 15 is 0 Å². The fourth-order valence-electron chi connectivity index (χ4n) is 2.76. The average Bonchev–Trinajstić information content (AvgIpc) is 2.78. The maximum absolute atomic E-state index is 12.5. The summed E-state index contributed by atoms with van der Waals surface area (Å²) in [6.07, 6.45) is 1.45. The van der Waals surface area contributed by atoms with Crippen LogP contribution in [-0.4, -0.2) is 18.9 Å². The van der Waals surface area contributed by atoms with Gasteiger partial charge in [0.15, 0.2) is 0 Å². The van der Waals surface area contributed by atoms with Crippen LogP contribution < -0.4 is 15.4 Å². The van der Waals surface area contributed by atoms with Crippen LogP contribution in [0, 0.1) is 11.3 Å². The van der Waals surface area contributed by atoms with Crippen molar-refractivity contribution in [1.82, 2.24) is 0 Å². The van der Waals surface area contributed by atoms with Crippen LogP contribution >= 0.6 is 11.6 Å². The molecule has 3 rings (SSSR count). The number of benzene rings is 3. The molecule has 0 aliphatic carbocycles. The van der Waals surface area contributed by atoms with Gasteiger partial charge in [0.2, 0.25) is 0 Å². The minimum Gasteiger partial charge on any atom is -0.497 e. The molecule has 2 N–H and O–H groups in total. The molecule has 154 valence electrons. The summed E-state index contributed by atoms with van der Waals surface area (Å²) in [6.45, 7) is 0. The second kappa shape index (κ2) is 10.1. The molecule has 0 heterocycles. The van der Waals surface area contributed by atoms with E-state index in [4.69, 9.17) is 16.3 Å². The average molecular weight is 432 g/mol. The van der Waals surface area contributed by atoms with Crippen molar-refractivity contribution < 1.29 is 14.3 Å². The lowest BCUT2D eigenvalue weighted by Gasteiger charge is -2.08. The van der Waals surface area contributed by atoms with Crippen molar-refractivity contribution in [1.29, 1.82) is 5.26 Å². The van der Waals surface area contributed by atoms with Gasteiger partial charge in [-0.1, -0.05) is 41.9 Å². The predicted octanol–water partition coefficient (Wildman–Crippen LogP) is 5.15. The number of nitriles is 1. The van der Waals surface area contributed by atoms with Crippen molar-refractivity contribution in [3.63, 3.8) is 0 Å². The van der Waals surface area contributed by atoms with Crippen LogP contribution in [-0.2, 0) is 4.79 Å². The molecule has 0 fully saturated rings. The van der Waals surface area contributed by atoms with Gasteiger partial charge in [0, 0.05) is 17.4 Å². The van der Waals surface area contributed by atoms with E-state index < -0.39 is 5.91 Å². The van der Waals surface area contributed by atoms with Gasteiger partial charge in [0.25, 0.3) is 11.8 Å². The highest BCUT2D eigenvalue weighted by Gasteiger charge is 2.12. The molecular formula is C24H18ClN3O3. The summed E-state index contributed by atoms with van der Waals surface area (Å²) in [5, 5.41) is 15.2. The molecule has 0 aliphatic rings. The molecule has 3 aromatic rings. The Balaban J connectivity index is 1.77. The molecule has 0 aromatic heterocycles. The molecule has 2 amide bonds. The molecule has 0 unspecified atom stereocenters. The highest BCUT2D eigenvalue weighted by atomic mass is 35.5. The Morgan fingerprint density at radius 2 is 1.68 bits per heavy atom. The Hall–Kier alpha value is -4.08. The Bertz CT molecular complexity index is 1200. The molecule has 0 aliphatic heterocycles. The summed E-state index contributed by atoms with van der Waals surface area (Å²) in [4.78, 5) is 25.0. The first-order valence-corrected chi connectivity index (χ1v) is 9.61. The van der Waals surface area contributed by atoms with Crippen LogP contribution in [0.3, 0.4) is 0 Å². The van der Waals surface area contributed by atoms with E-state index in [0.29, 0.717) is 33.3 Å². The van der Waals surface area contributed by atoms with Gasteiger partial charge in [-0.2, -0.15) is 5.26 Å². The van der Waals surface area contributed by atoms with E-state index in [-0.39, 0.29) is 11.5 Å². The summed E-state index contributed by atoms with van der Waals surface area (Å²) in [7, 11) is 1.53. The van der Waals surface area contributed by atoms with Crippen molar-refractivity contribution >= 4 is 40.9 Å². The third-order valence-corrected chi connectivity index (χ3v) is 4.60. The summed E-state index contributed by atoms with van der Waals surface area (Å²) in [5.74, 6) is -0.327. The number of carbonyl (C=O) groups excluding carboxylic acids is 2. The first-order chi connectivity index (χ1) is 15.0. The van der Waals surface area contributed by atoms with Gasteiger partial charge >= 0.3 is 0 Å². The largest absolute Gasteiger partial charge is 0.497 e. The van der Waals surface area contributed by atoms with E-state index in [1.54, 1.807) is 72.8 Å². The van der Waals surface area contributed by atoms with Gasteiger partial charge in [-0.25, -0.2) is 0 Å². The van der Waals surface area contributed by atoms with Crippen LogP contribution in [0.4, 0.5) is 11.4 Å². The highest BCUT2D eigenvalue weighted by molar-refractivity contribution is 6.34. The van der Waals surface area contributed by atoms with Crippen molar-refractivity contribution in [3.8, 4) is 11.8 Å². The van der Waals surface area contributed by atoms with Crippen molar-refractivity contribution in [2.24, 2.45) is 0 Å². The molecule has 6 nitrogen and oxygen atoms in total. The van der Waals surface area contributed by atoms with Gasteiger partial charge in [-0.15, -0.1) is 0 Å². The number of hydrogen-bond donors (Lipinski definition) is 2. The Morgan fingerprint density at radius 3 is 2.39 bits per heavy atom. The number of halogens is 1. The molecule has 31 heavy (non-hydrogen) atoms. The molecule has 0 radical (unpaired) electrons. The van der Waals surface area contributed by atoms with E-state index in [1.165, 1.54) is 13.2 Å². The number of rotatable bonds is 6. The van der Waals surface area contributed by atoms with Gasteiger partial charge < -0.3 is 15.4 Å². The standard InChI is InChI=1S/C24H18ClN3O3/c1-31-20-9-5-8-19(14-20)27-23(29)17(15-26)12-16-6-4-7-18(13-16)28-24(30)21-10-2-3-11-22(21)25/h2-14H,1H3,(H,27,29)(H,28,30)/b17-12+. The zero-order valence-corrected chi connectivity index (χ0v) is 17.3. The minimum absolute atomic E-state index is 0.0857. The third-order valence-electron chi connectivity index (χ3n) is 4.27. The smallest absolute Gasteiger partial charge is 0.266 e. The van der Waals surface area contributed by atoms with Crippen molar-refractivity contribution in [2.75, 3.05) is 17.7 Å². The zero-order valence-electron chi connectivity index (χ0n) is 16.6. The maximum atomic E-state index is 12.5. The van der Waals surface area contributed by atoms with E-state index in [1.807, 2.05) is 6.07 Å².